The average Bonchev–Trinajstić information content (AvgIpc) is 3.14. The fraction of sp³-hybridized carbons (Fsp3) is 0.222. The van der Waals surface area contributed by atoms with Crippen LogP contribution in [0.1, 0.15) is 58.7 Å². The van der Waals surface area contributed by atoms with Crippen molar-refractivity contribution in [2.24, 2.45) is 0 Å². The smallest absolute Gasteiger partial charge is 0.125 e. The molecule has 4 aromatic carbocycles. The molecule has 6 rings (SSSR count). The predicted molar refractivity (Wildman–Crippen MR) is 159 cm³/mol. The zero-order valence-corrected chi connectivity index (χ0v) is 22.1. The van der Waals surface area contributed by atoms with Crippen LogP contribution in [0.5, 0.6) is 5.75 Å². The summed E-state index contributed by atoms with van der Waals surface area (Å²) in [4.78, 5) is 2.62. The SMILES string of the molecule is Cc1ccc(OC(CCN2CCC(=C3c4ccccc4C=Cc4ccccc43)CC2)c2ccccc2)cc1. The largest absolute Gasteiger partial charge is 0.486 e. The zero-order valence-electron chi connectivity index (χ0n) is 22.1. The summed E-state index contributed by atoms with van der Waals surface area (Å²) in [7, 11) is 0. The summed E-state index contributed by atoms with van der Waals surface area (Å²) in [6.07, 6.45) is 7.77. The number of ether oxygens (including phenoxy) is 1. The predicted octanol–water partition coefficient (Wildman–Crippen LogP) is 8.59. The van der Waals surface area contributed by atoms with Gasteiger partial charge in [-0.3, -0.25) is 0 Å². The third-order valence-electron chi connectivity index (χ3n) is 7.89. The fourth-order valence-corrected chi connectivity index (χ4v) is 5.78. The van der Waals surface area contributed by atoms with E-state index in [-0.39, 0.29) is 6.10 Å². The van der Waals surface area contributed by atoms with Crippen molar-refractivity contribution in [2.45, 2.75) is 32.3 Å². The van der Waals surface area contributed by atoms with Gasteiger partial charge in [0.15, 0.2) is 0 Å². The van der Waals surface area contributed by atoms with E-state index < -0.39 is 0 Å². The minimum atomic E-state index is 0.0466. The highest BCUT2D eigenvalue weighted by Crippen LogP contribution is 2.39. The van der Waals surface area contributed by atoms with E-state index in [1.807, 2.05) is 0 Å². The van der Waals surface area contributed by atoms with Crippen LogP contribution in [0.3, 0.4) is 0 Å². The Bertz CT molecular complexity index is 1390. The maximum absolute atomic E-state index is 6.51. The van der Waals surface area contributed by atoms with Gasteiger partial charge in [0, 0.05) is 26.1 Å². The second-order valence-electron chi connectivity index (χ2n) is 10.4. The van der Waals surface area contributed by atoms with Crippen molar-refractivity contribution in [3.8, 4) is 5.75 Å². The Morgan fingerprint density at radius 1 is 0.684 bits per heavy atom. The quantitative estimate of drug-likeness (QED) is 0.233. The molecule has 0 aromatic heterocycles. The second kappa shape index (κ2) is 11.2. The molecule has 0 spiro atoms. The fourth-order valence-electron chi connectivity index (χ4n) is 5.78. The first-order valence-corrected chi connectivity index (χ1v) is 13.8. The average molecular weight is 498 g/mol. The van der Waals surface area contributed by atoms with E-state index in [0.717, 1.165) is 44.6 Å². The Kier molecular flexibility index (Phi) is 7.24. The van der Waals surface area contributed by atoms with Gasteiger partial charge in [-0.25, -0.2) is 0 Å². The van der Waals surface area contributed by atoms with Gasteiger partial charge < -0.3 is 9.64 Å². The monoisotopic (exact) mass is 497 g/mol. The highest BCUT2D eigenvalue weighted by atomic mass is 16.5. The Morgan fingerprint density at radius 2 is 1.26 bits per heavy atom. The van der Waals surface area contributed by atoms with Gasteiger partial charge in [0.1, 0.15) is 11.9 Å². The number of aryl methyl sites for hydroxylation is 1. The Hall–Kier alpha value is -3.88. The number of piperidine rings is 1. The van der Waals surface area contributed by atoms with Gasteiger partial charge in [-0.2, -0.15) is 0 Å². The molecule has 1 aliphatic carbocycles. The summed E-state index contributed by atoms with van der Waals surface area (Å²) >= 11 is 0. The van der Waals surface area contributed by atoms with Crippen molar-refractivity contribution in [3.05, 3.63) is 142 Å². The van der Waals surface area contributed by atoms with E-state index in [4.69, 9.17) is 4.74 Å². The summed E-state index contributed by atoms with van der Waals surface area (Å²) in [6.45, 7) is 5.31. The van der Waals surface area contributed by atoms with Gasteiger partial charge in [0.05, 0.1) is 0 Å². The van der Waals surface area contributed by atoms with Gasteiger partial charge in [0.2, 0.25) is 0 Å². The minimum absolute atomic E-state index is 0.0466. The van der Waals surface area contributed by atoms with Crippen molar-refractivity contribution in [3.63, 3.8) is 0 Å². The van der Waals surface area contributed by atoms with Crippen LogP contribution in [-0.2, 0) is 0 Å². The number of hydrogen-bond donors (Lipinski definition) is 0. The molecule has 4 aromatic rings. The van der Waals surface area contributed by atoms with Crippen LogP contribution >= 0.6 is 0 Å². The maximum atomic E-state index is 6.51. The minimum Gasteiger partial charge on any atom is -0.486 e. The molecule has 0 N–H and O–H groups in total. The summed E-state index contributed by atoms with van der Waals surface area (Å²) in [5.41, 5.74) is 10.9. The first-order chi connectivity index (χ1) is 18.7. The Balaban J connectivity index is 1.19. The van der Waals surface area contributed by atoms with Crippen LogP contribution < -0.4 is 4.74 Å². The normalized spacial score (nSPS) is 15.9. The van der Waals surface area contributed by atoms with Crippen LogP contribution in [0.15, 0.2) is 109 Å². The molecule has 1 saturated heterocycles. The lowest BCUT2D eigenvalue weighted by molar-refractivity contribution is 0.159. The second-order valence-corrected chi connectivity index (χ2v) is 10.4. The van der Waals surface area contributed by atoms with Crippen molar-refractivity contribution < 1.29 is 4.74 Å². The van der Waals surface area contributed by atoms with Gasteiger partial charge in [-0.05, 0) is 65.3 Å². The van der Waals surface area contributed by atoms with E-state index >= 15 is 0 Å². The number of rotatable bonds is 6. The number of likely N-dealkylation sites (tertiary alicyclic amines) is 1. The molecule has 190 valence electrons. The number of benzene rings is 4. The molecule has 38 heavy (non-hydrogen) atoms. The first kappa shape index (κ1) is 24.5. The van der Waals surface area contributed by atoms with Gasteiger partial charge in [-0.1, -0.05) is 114 Å². The van der Waals surface area contributed by atoms with E-state index in [2.05, 4.69) is 127 Å². The molecule has 1 atom stereocenters. The standard InChI is InChI=1S/C36H35NO/c1-27-15-19-32(20-16-27)38-35(30-11-3-2-4-12-30)23-26-37-24-21-31(22-25-37)36-33-13-7-5-9-28(33)17-18-29-10-6-8-14-34(29)36/h2-20,35H,21-26H2,1H3. The highest BCUT2D eigenvalue weighted by Gasteiger charge is 2.23. The molecule has 1 aliphatic heterocycles. The Morgan fingerprint density at radius 3 is 1.89 bits per heavy atom. The van der Waals surface area contributed by atoms with Crippen LogP contribution in [0.25, 0.3) is 17.7 Å². The third kappa shape index (κ3) is 5.37. The third-order valence-corrected chi connectivity index (χ3v) is 7.89. The van der Waals surface area contributed by atoms with Crippen molar-refractivity contribution in [2.75, 3.05) is 19.6 Å². The van der Waals surface area contributed by atoms with E-state index in [1.54, 1.807) is 5.57 Å². The maximum Gasteiger partial charge on any atom is 0.125 e. The van der Waals surface area contributed by atoms with Crippen molar-refractivity contribution in [1.29, 1.82) is 0 Å². The summed E-state index contributed by atoms with van der Waals surface area (Å²) < 4.78 is 6.51. The Labute approximate surface area is 226 Å². The number of fused-ring (bicyclic) bond motifs is 2. The van der Waals surface area contributed by atoms with Crippen LogP contribution in [0, 0.1) is 6.92 Å². The van der Waals surface area contributed by atoms with Gasteiger partial charge >= 0.3 is 0 Å². The lowest BCUT2D eigenvalue weighted by Crippen LogP contribution is -2.33. The van der Waals surface area contributed by atoms with E-state index in [1.165, 1.54) is 39.0 Å². The van der Waals surface area contributed by atoms with Gasteiger partial charge in [0.25, 0.3) is 0 Å². The zero-order chi connectivity index (χ0) is 25.7. The summed E-state index contributed by atoms with van der Waals surface area (Å²) in [5.74, 6) is 0.939. The first-order valence-electron chi connectivity index (χ1n) is 13.8. The van der Waals surface area contributed by atoms with Crippen LogP contribution in [0.4, 0.5) is 0 Å². The molecule has 0 saturated carbocycles. The van der Waals surface area contributed by atoms with E-state index in [0.29, 0.717) is 0 Å². The summed E-state index contributed by atoms with van der Waals surface area (Å²) in [5, 5.41) is 0. The van der Waals surface area contributed by atoms with Crippen LogP contribution in [-0.4, -0.2) is 24.5 Å². The van der Waals surface area contributed by atoms with Crippen LogP contribution in [0.2, 0.25) is 0 Å². The van der Waals surface area contributed by atoms with Crippen molar-refractivity contribution >= 4 is 17.7 Å². The number of nitrogens with zero attached hydrogens (tertiary/aromatic N) is 1. The van der Waals surface area contributed by atoms with Crippen molar-refractivity contribution in [1.82, 2.24) is 4.90 Å². The molecule has 2 nitrogen and oxygen atoms in total. The van der Waals surface area contributed by atoms with Gasteiger partial charge in [-0.15, -0.1) is 0 Å². The molecule has 0 bridgehead atoms. The topological polar surface area (TPSA) is 12.5 Å². The molecule has 1 fully saturated rings. The molecule has 2 aliphatic rings. The van der Waals surface area contributed by atoms with E-state index in [9.17, 15) is 0 Å². The molecule has 1 unspecified atom stereocenters. The number of hydrogen-bond acceptors (Lipinski definition) is 2. The summed E-state index contributed by atoms with van der Waals surface area (Å²) in [6, 6.07) is 36.8. The molecule has 2 heteroatoms. The molecule has 1 heterocycles. The lowest BCUT2D eigenvalue weighted by Gasteiger charge is -2.32. The molecular weight excluding hydrogens is 462 g/mol. The molecule has 0 amide bonds. The molecule has 0 radical (unpaired) electrons. The highest BCUT2D eigenvalue weighted by molar-refractivity contribution is 5.94. The molecular formula is C36H35NO. The lowest BCUT2D eigenvalue weighted by atomic mass is 9.86.